The maximum Gasteiger partial charge on any atom is 0.224 e. The van der Waals surface area contributed by atoms with Crippen LogP contribution in [0.25, 0.3) is 10.4 Å². The smallest absolute Gasteiger partial charge is 0.224 e. The van der Waals surface area contributed by atoms with Gasteiger partial charge in [-0.25, -0.2) is 0 Å². The fourth-order valence-electron chi connectivity index (χ4n) is 1.61. The van der Waals surface area contributed by atoms with Crippen molar-refractivity contribution >= 4 is 34.2 Å². The standard InChI is InChI=1S/C14H10ClN3O2S/c1-20-10-3-5-11(6-4-10)21-14(19)12-8-9(15)2-7-13(12)17-18-16/h2-8H,1H3. The van der Waals surface area contributed by atoms with E-state index < -0.39 is 0 Å². The van der Waals surface area contributed by atoms with Gasteiger partial charge in [0, 0.05) is 26.1 Å². The van der Waals surface area contributed by atoms with Crippen LogP contribution < -0.4 is 4.74 Å². The third-order valence-corrected chi connectivity index (χ3v) is 3.75. The molecule has 0 heterocycles. The van der Waals surface area contributed by atoms with Gasteiger partial charge in [0.15, 0.2) is 0 Å². The van der Waals surface area contributed by atoms with Gasteiger partial charge in [0.2, 0.25) is 5.12 Å². The minimum absolute atomic E-state index is 0.245. The van der Waals surface area contributed by atoms with Crippen LogP contribution in [0, 0.1) is 0 Å². The number of nitrogens with zero attached hydrogens (tertiary/aromatic N) is 3. The summed E-state index contributed by atoms with van der Waals surface area (Å²) in [5.74, 6) is 0.712. The van der Waals surface area contributed by atoms with Crippen molar-refractivity contribution in [3.05, 3.63) is 63.5 Å². The molecular weight excluding hydrogens is 310 g/mol. The Morgan fingerprint density at radius 2 is 2.00 bits per heavy atom. The number of azide groups is 1. The lowest BCUT2D eigenvalue weighted by Gasteiger charge is -2.05. The number of methoxy groups -OCH3 is 1. The number of hydrogen-bond acceptors (Lipinski definition) is 4. The molecule has 0 aliphatic rings. The molecule has 2 aromatic carbocycles. The van der Waals surface area contributed by atoms with Crippen LogP contribution in [0.4, 0.5) is 5.69 Å². The third-order valence-electron chi connectivity index (χ3n) is 2.60. The van der Waals surface area contributed by atoms with Gasteiger partial charge in [-0.1, -0.05) is 22.8 Å². The maximum absolute atomic E-state index is 12.3. The number of carbonyl (C=O) groups is 1. The van der Waals surface area contributed by atoms with E-state index in [9.17, 15) is 4.79 Å². The number of ether oxygens (including phenoxy) is 1. The molecule has 21 heavy (non-hydrogen) atoms. The van der Waals surface area contributed by atoms with Gasteiger partial charge in [-0.3, -0.25) is 4.79 Å². The van der Waals surface area contributed by atoms with Crippen LogP contribution in [0.3, 0.4) is 0 Å². The van der Waals surface area contributed by atoms with E-state index in [-0.39, 0.29) is 16.4 Å². The predicted molar refractivity (Wildman–Crippen MR) is 83.4 cm³/mol. The average Bonchev–Trinajstić information content (AvgIpc) is 2.50. The number of benzene rings is 2. The predicted octanol–water partition coefficient (Wildman–Crippen LogP) is 5.22. The van der Waals surface area contributed by atoms with Crippen molar-refractivity contribution in [3.63, 3.8) is 0 Å². The van der Waals surface area contributed by atoms with Crippen LogP contribution in [-0.2, 0) is 0 Å². The lowest BCUT2D eigenvalue weighted by Crippen LogP contribution is -1.94. The molecule has 0 fully saturated rings. The van der Waals surface area contributed by atoms with Crippen LogP contribution in [0.5, 0.6) is 5.75 Å². The summed E-state index contributed by atoms with van der Waals surface area (Å²) in [4.78, 5) is 15.8. The molecule has 0 unspecified atom stereocenters. The Labute approximate surface area is 130 Å². The molecule has 0 N–H and O–H groups in total. The number of rotatable bonds is 4. The molecule has 0 radical (unpaired) electrons. The topological polar surface area (TPSA) is 75.1 Å². The van der Waals surface area contributed by atoms with Crippen LogP contribution >= 0.6 is 23.4 Å². The van der Waals surface area contributed by atoms with E-state index in [4.69, 9.17) is 21.9 Å². The van der Waals surface area contributed by atoms with Gasteiger partial charge in [0.1, 0.15) is 5.75 Å². The van der Waals surface area contributed by atoms with Crippen molar-refractivity contribution in [2.45, 2.75) is 4.90 Å². The number of hydrogen-bond donors (Lipinski definition) is 0. The van der Waals surface area contributed by atoms with Crippen molar-refractivity contribution in [3.8, 4) is 5.75 Å². The van der Waals surface area contributed by atoms with Gasteiger partial charge in [-0.15, -0.1) is 0 Å². The van der Waals surface area contributed by atoms with Crippen molar-refractivity contribution in [2.75, 3.05) is 7.11 Å². The van der Waals surface area contributed by atoms with Gasteiger partial charge in [-0.05, 0) is 53.7 Å². The second kappa shape index (κ2) is 7.04. The van der Waals surface area contributed by atoms with Crippen molar-refractivity contribution in [2.24, 2.45) is 5.11 Å². The zero-order valence-electron chi connectivity index (χ0n) is 11.0. The van der Waals surface area contributed by atoms with E-state index in [0.29, 0.717) is 10.8 Å². The molecule has 0 aliphatic heterocycles. The van der Waals surface area contributed by atoms with E-state index in [1.165, 1.54) is 12.1 Å². The van der Waals surface area contributed by atoms with Crippen LogP contribution in [0.2, 0.25) is 5.02 Å². The van der Waals surface area contributed by atoms with Gasteiger partial charge < -0.3 is 4.74 Å². The van der Waals surface area contributed by atoms with Crippen LogP contribution in [0.1, 0.15) is 10.4 Å². The molecule has 2 aromatic rings. The Morgan fingerprint density at radius 1 is 1.29 bits per heavy atom. The first-order valence-corrected chi connectivity index (χ1v) is 7.04. The Kier molecular flexibility index (Phi) is 5.11. The number of halogens is 1. The molecule has 5 nitrogen and oxygen atoms in total. The minimum Gasteiger partial charge on any atom is -0.497 e. The maximum atomic E-state index is 12.3. The quantitative estimate of drug-likeness (QED) is 0.335. The second-order valence-corrected chi connectivity index (χ2v) is 5.40. The molecule has 2 rings (SSSR count). The summed E-state index contributed by atoms with van der Waals surface area (Å²) in [5, 5.41) is 3.67. The highest BCUT2D eigenvalue weighted by Gasteiger charge is 2.13. The molecule has 0 saturated carbocycles. The average molecular weight is 320 g/mol. The molecule has 0 bridgehead atoms. The highest BCUT2D eigenvalue weighted by atomic mass is 35.5. The van der Waals surface area contributed by atoms with Crippen LogP contribution in [-0.4, -0.2) is 12.2 Å². The summed E-state index contributed by atoms with van der Waals surface area (Å²) in [7, 11) is 1.57. The van der Waals surface area contributed by atoms with Crippen molar-refractivity contribution < 1.29 is 9.53 Å². The SMILES string of the molecule is COc1ccc(SC(=O)c2cc(Cl)ccc2N=[N+]=[N-])cc1. The lowest BCUT2D eigenvalue weighted by molar-refractivity contribution is 0.108. The fraction of sp³-hybridized carbons (Fsp3) is 0.0714. The highest BCUT2D eigenvalue weighted by molar-refractivity contribution is 8.14. The largest absolute Gasteiger partial charge is 0.497 e. The van der Waals surface area contributed by atoms with Crippen molar-refractivity contribution in [1.29, 1.82) is 0 Å². The monoisotopic (exact) mass is 319 g/mol. The number of carbonyl (C=O) groups excluding carboxylic acids is 1. The first-order chi connectivity index (χ1) is 10.1. The lowest BCUT2D eigenvalue weighted by atomic mass is 10.2. The Hall–Kier alpha value is -2.14. The summed E-state index contributed by atoms with van der Waals surface area (Å²) in [6, 6.07) is 11.7. The zero-order valence-corrected chi connectivity index (χ0v) is 12.6. The molecule has 106 valence electrons. The molecule has 0 aliphatic carbocycles. The molecule has 0 saturated heterocycles. The molecule has 0 spiro atoms. The summed E-state index contributed by atoms with van der Waals surface area (Å²) in [5.41, 5.74) is 9.07. The first-order valence-electron chi connectivity index (χ1n) is 5.85. The normalized spacial score (nSPS) is 9.81. The second-order valence-electron chi connectivity index (χ2n) is 3.92. The van der Waals surface area contributed by atoms with E-state index in [2.05, 4.69) is 10.0 Å². The molecule has 7 heteroatoms. The van der Waals surface area contributed by atoms with E-state index in [1.54, 1.807) is 37.4 Å². The Bertz CT molecular complexity index is 713. The van der Waals surface area contributed by atoms with E-state index >= 15 is 0 Å². The first kappa shape index (κ1) is 15.3. The Morgan fingerprint density at radius 3 is 2.62 bits per heavy atom. The summed E-state index contributed by atoms with van der Waals surface area (Å²) in [6.45, 7) is 0. The van der Waals surface area contributed by atoms with Crippen molar-refractivity contribution in [1.82, 2.24) is 0 Å². The van der Waals surface area contributed by atoms with Gasteiger partial charge in [-0.2, -0.15) is 0 Å². The van der Waals surface area contributed by atoms with Crippen LogP contribution in [0.15, 0.2) is 52.5 Å². The summed E-state index contributed by atoms with van der Waals surface area (Å²) >= 11 is 6.92. The highest BCUT2D eigenvalue weighted by Crippen LogP contribution is 2.31. The van der Waals surface area contributed by atoms with E-state index in [0.717, 1.165) is 16.7 Å². The molecular formula is C14H10ClN3O2S. The van der Waals surface area contributed by atoms with Gasteiger partial charge >= 0.3 is 0 Å². The molecule has 0 aromatic heterocycles. The van der Waals surface area contributed by atoms with E-state index in [1.807, 2.05) is 0 Å². The van der Waals surface area contributed by atoms with Gasteiger partial charge in [0.25, 0.3) is 0 Å². The fourth-order valence-corrected chi connectivity index (χ4v) is 2.54. The Balaban J connectivity index is 2.26. The zero-order chi connectivity index (χ0) is 15.2. The number of thioether (sulfide) groups is 1. The minimum atomic E-state index is -0.245. The summed E-state index contributed by atoms with van der Waals surface area (Å²) < 4.78 is 5.06. The third kappa shape index (κ3) is 3.92. The van der Waals surface area contributed by atoms with Gasteiger partial charge in [0.05, 0.1) is 7.11 Å². The molecule has 0 amide bonds. The molecule has 0 atom stereocenters. The summed E-state index contributed by atoms with van der Waals surface area (Å²) in [6.07, 6.45) is 0.